The molecule has 0 aliphatic carbocycles. The molecule has 1 aromatic heterocycles. The van der Waals surface area contributed by atoms with Crippen molar-refractivity contribution in [2.45, 2.75) is 13.0 Å². The van der Waals surface area contributed by atoms with Crippen LogP contribution in [0.2, 0.25) is 0 Å². The second-order valence-corrected chi connectivity index (χ2v) is 7.45. The van der Waals surface area contributed by atoms with Crippen molar-refractivity contribution in [1.29, 1.82) is 0 Å². The summed E-state index contributed by atoms with van der Waals surface area (Å²) in [6.45, 7) is 0.0424. The number of amides is 3. The molecule has 0 bridgehead atoms. The van der Waals surface area contributed by atoms with Crippen LogP contribution in [0, 0.1) is 0 Å². The minimum absolute atomic E-state index is 0.0719. The second-order valence-electron chi connectivity index (χ2n) is 7.45. The molecule has 0 spiro atoms. The van der Waals surface area contributed by atoms with Crippen LogP contribution >= 0.6 is 0 Å². The molecule has 4 aromatic rings. The van der Waals surface area contributed by atoms with Crippen LogP contribution in [0.15, 0.2) is 54.6 Å². The summed E-state index contributed by atoms with van der Waals surface area (Å²) >= 11 is 0. The van der Waals surface area contributed by atoms with Crippen molar-refractivity contribution in [2.75, 3.05) is 6.61 Å². The molecule has 2 heterocycles. The fraction of sp³-hybridized carbons (Fsp3) is 0.125. The monoisotopic (exact) mass is 413 g/mol. The van der Waals surface area contributed by atoms with Crippen molar-refractivity contribution >= 4 is 39.5 Å². The molecule has 0 saturated heterocycles. The van der Waals surface area contributed by atoms with Gasteiger partial charge in [0.05, 0.1) is 22.2 Å². The summed E-state index contributed by atoms with van der Waals surface area (Å²) in [7, 11) is 0. The molecule has 31 heavy (non-hydrogen) atoms. The molecule has 0 fully saturated rings. The number of benzene rings is 3. The number of aromatic nitrogens is 1. The Hall–Kier alpha value is -3.97. The molecule has 154 valence electrons. The molecule has 1 aliphatic rings. The summed E-state index contributed by atoms with van der Waals surface area (Å²) in [6.07, 6.45) is 0.0719. The Kier molecular flexibility index (Phi) is 4.52. The smallest absolute Gasteiger partial charge is 0.259 e. The van der Waals surface area contributed by atoms with Crippen LogP contribution in [0.1, 0.15) is 42.2 Å². The molecule has 1 aliphatic heterocycles. The highest BCUT2D eigenvalue weighted by molar-refractivity contribution is 6.33. The van der Waals surface area contributed by atoms with Crippen molar-refractivity contribution in [1.82, 2.24) is 15.6 Å². The van der Waals surface area contributed by atoms with Crippen molar-refractivity contribution in [2.24, 2.45) is 0 Å². The average Bonchev–Trinajstić information content (AvgIpc) is 3.29. The minimum atomic E-state index is -0.548. The average molecular weight is 413 g/mol. The Morgan fingerprint density at radius 1 is 0.935 bits per heavy atom. The van der Waals surface area contributed by atoms with Crippen molar-refractivity contribution < 1.29 is 19.5 Å². The number of carbonyl (C=O) groups excluding carboxylic acids is 3. The molecule has 7 nitrogen and oxygen atoms in total. The molecular weight excluding hydrogens is 394 g/mol. The zero-order valence-electron chi connectivity index (χ0n) is 16.5. The molecule has 0 saturated carbocycles. The number of H-pyrrole nitrogens is 1. The van der Waals surface area contributed by atoms with Crippen molar-refractivity contribution in [3.63, 3.8) is 0 Å². The molecule has 3 aromatic carbocycles. The number of hydrogen-bond donors (Lipinski definition) is 4. The maximum Gasteiger partial charge on any atom is 0.259 e. The maximum atomic E-state index is 13.4. The predicted molar refractivity (Wildman–Crippen MR) is 116 cm³/mol. The SMILES string of the molecule is O=C1NC(=O)c2c1c(CCO)c(C(=O)NCc1ccccc1)c1[nH]c3ccccc3c21. The van der Waals surface area contributed by atoms with Crippen LogP contribution in [0.4, 0.5) is 0 Å². The van der Waals surface area contributed by atoms with Crippen LogP contribution in [-0.2, 0) is 13.0 Å². The van der Waals surface area contributed by atoms with E-state index >= 15 is 0 Å². The fourth-order valence-electron chi connectivity index (χ4n) is 4.33. The van der Waals surface area contributed by atoms with Crippen LogP contribution in [0.3, 0.4) is 0 Å². The fourth-order valence-corrected chi connectivity index (χ4v) is 4.33. The van der Waals surface area contributed by atoms with Gasteiger partial charge in [-0.3, -0.25) is 19.7 Å². The van der Waals surface area contributed by atoms with Crippen molar-refractivity contribution in [3.05, 3.63) is 82.4 Å². The number of aliphatic hydroxyl groups excluding tert-OH is 1. The van der Waals surface area contributed by atoms with Gasteiger partial charge < -0.3 is 15.4 Å². The quantitative estimate of drug-likeness (QED) is 0.377. The van der Waals surface area contributed by atoms with E-state index in [-0.39, 0.29) is 35.6 Å². The number of hydrogen-bond acceptors (Lipinski definition) is 4. The first kappa shape index (κ1) is 19.0. The van der Waals surface area contributed by atoms with Crippen LogP contribution < -0.4 is 10.6 Å². The standard InChI is InChI=1S/C24H19N3O4/c28-11-10-15-18-20(24(31)27-23(18)30)17-14-8-4-5-9-16(14)26-21(17)19(15)22(29)25-12-13-6-2-1-3-7-13/h1-9,26,28H,10-12H2,(H,25,29)(H,27,30,31). The van der Waals surface area contributed by atoms with Crippen molar-refractivity contribution in [3.8, 4) is 0 Å². The Balaban J connectivity index is 1.76. The van der Waals surface area contributed by atoms with E-state index in [2.05, 4.69) is 15.6 Å². The first-order valence-electron chi connectivity index (χ1n) is 9.98. The normalized spacial score (nSPS) is 12.9. The van der Waals surface area contributed by atoms with Gasteiger partial charge in [-0.1, -0.05) is 48.5 Å². The number of nitrogens with one attached hydrogen (secondary N) is 3. The van der Waals surface area contributed by atoms with Gasteiger partial charge in [0.1, 0.15) is 0 Å². The van der Waals surface area contributed by atoms with E-state index in [1.54, 1.807) is 0 Å². The van der Waals surface area contributed by atoms with E-state index < -0.39 is 11.8 Å². The van der Waals surface area contributed by atoms with Crippen LogP contribution in [0.25, 0.3) is 21.8 Å². The summed E-state index contributed by atoms with van der Waals surface area (Å²) in [6, 6.07) is 16.9. The first-order chi connectivity index (χ1) is 15.1. The van der Waals surface area contributed by atoms with E-state index in [0.29, 0.717) is 23.0 Å². The van der Waals surface area contributed by atoms with Gasteiger partial charge in [-0.15, -0.1) is 0 Å². The van der Waals surface area contributed by atoms with E-state index in [0.717, 1.165) is 16.5 Å². The highest BCUT2D eigenvalue weighted by Crippen LogP contribution is 2.38. The third-order valence-corrected chi connectivity index (χ3v) is 5.63. The van der Waals surface area contributed by atoms with E-state index in [4.69, 9.17) is 0 Å². The van der Waals surface area contributed by atoms with Gasteiger partial charge in [0.25, 0.3) is 17.7 Å². The Morgan fingerprint density at radius 3 is 2.42 bits per heavy atom. The highest BCUT2D eigenvalue weighted by atomic mass is 16.3. The molecule has 4 N–H and O–H groups in total. The lowest BCUT2D eigenvalue weighted by molar-refractivity contribution is 0.0879. The number of carbonyl (C=O) groups is 3. The summed E-state index contributed by atoms with van der Waals surface area (Å²) < 4.78 is 0. The number of fused-ring (bicyclic) bond motifs is 5. The number of aromatic amines is 1. The molecule has 0 unspecified atom stereocenters. The van der Waals surface area contributed by atoms with Gasteiger partial charge in [-0.05, 0) is 23.6 Å². The number of aliphatic hydroxyl groups is 1. The van der Waals surface area contributed by atoms with Crippen LogP contribution in [-0.4, -0.2) is 34.4 Å². The third-order valence-electron chi connectivity index (χ3n) is 5.63. The van der Waals surface area contributed by atoms with E-state index in [1.807, 2.05) is 54.6 Å². The van der Waals surface area contributed by atoms with Gasteiger partial charge >= 0.3 is 0 Å². The summed E-state index contributed by atoms with van der Waals surface area (Å²) in [5.74, 6) is -1.42. The molecule has 5 rings (SSSR count). The lowest BCUT2D eigenvalue weighted by Gasteiger charge is -2.15. The first-order valence-corrected chi connectivity index (χ1v) is 9.98. The molecule has 3 amide bonds. The largest absolute Gasteiger partial charge is 0.396 e. The Labute approximate surface area is 177 Å². The van der Waals surface area contributed by atoms with Gasteiger partial charge in [0.2, 0.25) is 0 Å². The predicted octanol–water partition coefficient (Wildman–Crippen LogP) is 2.67. The number of imide groups is 1. The van der Waals surface area contributed by atoms with E-state index in [1.165, 1.54) is 0 Å². The van der Waals surface area contributed by atoms with Gasteiger partial charge in [-0.2, -0.15) is 0 Å². The number of para-hydroxylation sites is 1. The summed E-state index contributed by atoms with van der Waals surface area (Å²) in [5, 5.41) is 16.2. The Bertz CT molecular complexity index is 1370. The van der Waals surface area contributed by atoms with E-state index in [9.17, 15) is 19.5 Å². The number of rotatable bonds is 5. The Morgan fingerprint density at radius 2 is 1.65 bits per heavy atom. The van der Waals surface area contributed by atoms with Gasteiger partial charge in [0, 0.05) is 29.4 Å². The zero-order valence-corrected chi connectivity index (χ0v) is 16.5. The second kappa shape index (κ2) is 7.37. The van der Waals surface area contributed by atoms with Crippen LogP contribution in [0.5, 0.6) is 0 Å². The maximum absolute atomic E-state index is 13.4. The third kappa shape index (κ3) is 2.98. The highest BCUT2D eigenvalue weighted by Gasteiger charge is 2.36. The zero-order chi connectivity index (χ0) is 21.5. The summed E-state index contributed by atoms with van der Waals surface area (Å²) in [5.41, 5.74) is 3.23. The molecule has 0 radical (unpaired) electrons. The summed E-state index contributed by atoms with van der Waals surface area (Å²) in [4.78, 5) is 42.0. The molecule has 0 atom stereocenters. The molecule has 7 heteroatoms. The lowest BCUT2D eigenvalue weighted by atomic mass is 9.90. The topological polar surface area (TPSA) is 111 Å². The van der Waals surface area contributed by atoms with Gasteiger partial charge in [0.15, 0.2) is 0 Å². The van der Waals surface area contributed by atoms with Gasteiger partial charge in [-0.25, -0.2) is 0 Å². The molecular formula is C24H19N3O4. The lowest BCUT2D eigenvalue weighted by Crippen LogP contribution is -2.26. The minimum Gasteiger partial charge on any atom is -0.396 e.